The Kier molecular flexibility index (Phi) is 3.97. The summed E-state index contributed by atoms with van der Waals surface area (Å²) >= 11 is 0. The van der Waals surface area contributed by atoms with Gasteiger partial charge in [-0.1, -0.05) is 0 Å². The molecule has 3 N–H and O–H groups in total. The fourth-order valence-corrected chi connectivity index (χ4v) is 1.76. The zero-order valence-corrected chi connectivity index (χ0v) is 8.11. The minimum Gasteiger partial charge on any atom is -0.395 e. The molecule has 4 nitrogen and oxygen atoms in total. The first-order valence-corrected chi connectivity index (χ1v) is 4.72. The van der Waals surface area contributed by atoms with Gasteiger partial charge in [0.05, 0.1) is 18.8 Å². The molecule has 1 aliphatic heterocycles. The Labute approximate surface area is 82.1 Å². The topological polar surface area (TPSA) is 69.6 Å². The molecule has 0 unspecified atom stereocenters. The standard InChI is InChI=1S/C9H16FNO3/c1-5(13)2-6-3-11-7(4-12)8(10)9(6)14/h6-9,11-12,14H,2-4H2,1H3/t6-,7+,8+,9+/m0/s1. The first kappa shape index (κ1) is 11.6. The first-order valence-electron chi connectivity index (χ1n) is 4.72. The number of hydrogen-bond acceptors (Lipinski definition) is 4. The number of rotatable bonds is 3. The van der Waals surface area contributed by atoms with Crippen LogP contribution in [0.1, 0.15) is 13.3 Å². The molecule has 0 bridgehead atoms. The highest BCUT2D eigenvalue weighted by Gasteiger charge is 2.38. The number of carbonyl (C=O) groups is 1. The summed E-state index contributed by atoms with van der Waals surface area (Å²) in [6.45, 7) is 1.44. The van der Waals surface area contributed by atoms with Gasteiger partial charge in [0.15, 0.2) is 0 Å². The molecule has 0 aliphatic carbocycles. The van der Waals surface area contributed by atoms with Gasteiger partial charge in [-0.15, -0.1) is 0 Å². The number of piperidine rings is 1. The molecule has 0 amide bonds. The lowest BCUT2D eigenvalue weighted by atomic mass is 9.87. The lowest BCUT2D eigenvalue weighted by Gasteiger charge is -2.35. The molecule has 1 fully saturated rings. The molecule has 82 valence electrons. The Morgan fingerprint density at radius 3 is 2.79 bits per heavy atom. The Balaban J connectivity index is 2.54. The van der Waals surface area contributed by atoms with E-state index in [9.17, 15) is 14.3 Å². The second-order valence-corrected chi connectivity index (χ2v) is 3.80. The van der Waals surface area contributed by atoms with Gasteiger partial charge < -0.3 is 20.3 Å². The van der Waals surface area contributed by atoms with E-state index in [1.165, 1.54) is 6.92 Å². The fourth-order valence-electron chi connectivity index (χ4n) is 1.76. The van der Waals surface area contributed by atoms with Crippen LogP contribution in [0.3, 0.4) is 0 Å². The number of aliphatic hydroxyl groups excluding tert-OH is 2. The largest absolute Gasteiger partial charge is 0.395 e. The quantitative estimate of drug-likeness (QED) is 0.566. The van der Waals surface area contributed by atoms with Crippen molar-refractivity contribution in [2.45, 2.75) is 31.7 Å². The SMILES string of the molecule is CC(=O)C[C@H]1CN[C@H](CO)[C@@H](F)[C@@H]1O. The summed E-state index contributed by atoms with van der Waals surface area (Å²) in [7, 11) is 0. The molecule has 0 saturated carbocycles. The van der Waals surface area contributed by atoms with E-state index in [2.05, 4.69) is 5.32 Å². The van der Waals surface area contributed by atoms with E-state index in [0.717, 1.165) is 0 Å². The molecule has 1 aliphatic rings. The van der Waals surface area contributed by atoms with Gasteiger partial charge in [0.2, 0.25) is 0 Å². The normalized spacial score (nSPS) is 38.3. The fraction of sp³-hybridized carbons (Fsp3) is 0.889. The number of hydrogen-bond donors (Lipinski definition) is 3. The molecule has 1 rings (SSSR count). The summed E-state index contributed by atoms with van der Waals surface area (Å²) < 4.78 is 13.4. The van der Waals surface area contributed by atoms with Gasteiger partial charge in [0, 0.05) is 18.9 Å². The Morgan fingerprint density at radius 2 is 2.29 bits per heavy atom. The van der Waals surface area contributed by atoms with Gasteiger partial charge in [-0.3, -0.25) is 0 Å². The number of alkyl halides is 1. The average Bonchev–Trinajstić information content (AvgIpc) is 2.13. The van der Waals surface area contributed by atoms with E-state index >= 15 is 0 Å². The van der Waals surface area contributed by atoms with Gasteiger partial charge in [-0.2, -0.15) is 0 Å². The van der Waals surface area contributed by atoms with E-state index in [4.69, 9.17) is 5.11 Å². The monoisotopic (exact) mass is 205 g/mol. The molecule has 14 heavy (non-hydrogen) atoms. The van der Waals surface area contributed by atoms with Gasteiger partial charge in [0.1, 0.15) is 12.0 Å². The summed E-state index contributed by atoms with van der Waals surface area (Å²) in [4.78, 5) is 10.8. The Hall–Kier alpha value is -0.520. The zero-order valence-electron chi connectivity index (χ0n) is 8.11. The van der Waals surface area contributed by atoms with Crippen molar-refractivity contribution in [3.63, 3.8) is 0 Å². The summed E-state index contributed by atoms with van der Waals surface area (Å²) in [5.74, 6) is -0.448. The molecular weight excluding hydrogens is 189 g/mol. The molecule has 0 aromatic heterocycles. The maximum Gasteiger partial charge on any atom is 0.144 e. The molecule has 5 heteroatoms. The maximum atomic E-state index is 13.4. The van der Waals surface area contributed by atoms with Crippen molar-refractivity contribution in [1.82, 2.24) is 5.32 Å². The highest BCUT2D eigenvalue weighted by Crippen LogP contribution is 2.21. The summed E-state index contributed by atoms with van der Waals surface area (Å²) in [6.07, 6.45) is -2.48. The number of nitrogens with one attached hydrogen (secondary N) is 1. The lowest BCUT2D eigenvalue weighted by molar-refractivity contribution is -0.120. The van der Waals surface area contributed by atoms with E-state index in [-0.39, 0.29) is 24.7 Å². The van der Waals surface area contributed by atoms with Crippen LogP contribution < -0.4 is 5.32 Å². The van der Waals surface area contributed by atoms with Crippen molar-refractivity contribution in [3.05, 3.63) is 0 Å². The predicted octanol–water partition coefficient (Wildman–Crippen LogP) is -0.755. The van der Waals surface area contributed by atoms with E-state index < -0.39 is 18.3 Å². The number of halogens is 1. The van der Waals surface area contributed by atoms with Crippen LogP contribution >= 0.6 is 0 Å². The van der Waals surface area contributed by atoms with E-state index in [1.54, 1.807) is 0 Å². The molecule has 4 atom stereocenters. The van der Waals surface area contributed by atoms with Crippen molar-refractivity contribution in [2.75, 3.05) is 13.2 Å². The minimum absolute atomic E-state index is 0.0644. The first-order chi connectivity index (χ1) is 6.56. The molecular formula is C9H16FNO3. The smallest absolute Gasteiger partial charge is 0.144 e. The van der Waals surface area contributed by atoms with Crippen LogP contribution in [0.4, 0.5) is 4.39 Å². The third kappa shape index (κ3) is 2.50. The third-order valence-corrected chi connectivity index (χ3v) is 2.58. The highest BCUT2D eigenvalue weighted by atomic mass is 19.1. The average molecular weight is 205 g/mol. The number of Topliss-reactive ketones (excluding diaryl/α,β-unsaturated/α-hetero) is 1. The van der Waals surface area contributed by atoms with Crippen LogP contribution in [-0.4, -0.2) is 47.5 Å². The van der Waals surface area contributed by atoms with Crippen LogP contribution in [0, 0.1) is 5.92 Å². The van der Waals surface area contributed by atoms with E-state index in [1.807, 2.05) is 0 Å². The molecule has 1 heterocycles. The van der Waals surface area contributed by atoms with E-state index in [0.29, 0.717) is 6.54 Å². The van der Waals surface area contributed by atoms with Gasteiger partial charge in [0.25, 0.3) is 0 Å². The minimum atomic E-state index is -1.50. The zero-order chi connectivity index (χ0) is 10.7. The van der Waals surface area contributed by atoms with Crippen molar-refractivity contribution < 1.29 is 19.4 Å². The lowest BCUT2D eigenvalue weighted by Crippen LogP contribution is -2.57. The van der Waals surface area contributed by atoms with Crippen LogP contribution in [0.2, 0.25) is 0 Å². The second kappa shape index (κ2) is 4.82. The molecule has 0 aromatic rings. The van der Waals surface area contributed by atoms with Crippen molar-refractivity contribution in [2.24, 2.45) is 5.92 Å². The molecule has 0 aromatic carbocycles. The van der Waals surface area contributed by atoms with Crippen LogP contribution in [-0.2, 0) is 4.79 Å². The summed E-state index contributed by atoms with van der Waals surface area (Å²) in [5.41, 5.74) is 0. The third-order valence-electron chi connectivity index (χ3n) is 2.58. The van der Waals surface area contributed by atoms with Crippen molar-refractivity contribution >= 4 is 5.78 Å². The highest BCUT2D eigenvalue weighted by molar-refractivity contribution is 5.75. The summed E-state index contributed by atoms with van der Waals surface area (Å²) in [6, 6.07) is -0.715. The second-order valence-electron chi connectivity index (χ2n) is 3.80. The molecule has 0 radical (unpaired) electrons. The van der Waals surface area contributed by atoms with Crippen LogP contribution in [0.15, 0.2) is 0 Å². The van der Waals surface area contributed by atoms with Crippen molar-refractivity contribution in [1.29, 1.82) is 0 Å². The molecule has 0 spiro atoms. The number of carbonyl (C=O) groups excluding carboxylic acids is 1. The number of aliphatic hydroxyl groups is 2. The summed E-state index contributed by atoms with van der Waals surface area (Å²) in [5, 5.41) is 21.0. The number of ketones is 1. The van der Waals surface area contributed by atoms with Gasteiger partial charge in [-0.05, 0) is 6.92 Å². The van der Waals surface area contributed by atoms with Crippen LogP contribution in [0.5, 0.6) is 0 Å². The molecule has 1 saturated heterocycles. The van der Waals surface area contributed by atoms with Gasteiger partial charge in [-0.25, -0.2) is 4.39 Å². The van der Waals surface area contributed by atoms with Crippen LogP contribution in [0.25, 0.3) is 0 Å². The van der Waals surface area contributed by atoms with Crippen molar-refractivity contribution in [3.8, 4) is 0 Å². The Morgan fingerprint density at radius 1 is 1.64 bits per heavy atom. The Bertz CT molecular complexity index is 212. The van der Waals surface area contributed by atoms with Gasteiger partial charge >= 0.3 is 0 Å². The predicted molar refractivity (Wildman–Crippen MR) is 48.6 cm³/mol. The maximum absolute atomic E-state index is 13.4.